The number of carbonyl (C=O) groups excluding carboxylic acids is 4. The van der Waals surface area contributed by atoms with E-state index in [2.05, 4.69) is 31.4 Å². The monoisotopic (exact) mass is 432 g/mol. The minimum atomic E-state index is -0.840. The molecular weight excluding hydrogens is 396 g/mol. The molecule has 5 amide bonds. The number of carbonyl (C=O) groups is 4. The second-order valence-electron chi connectivity index (χ2n) is 11.0. The molecule has 0 radical (unpaired) electrons. The van der Waals surface area contributed by atoms with Crippen molar-refractivity contribution in [3.63, 3.8) is 0 Å². The molecular formula is C23H36N4O4. The Bertz CT molecular complexity index is 754. The molecule has 0 unspecified atom stereocenters. The molecule has 0 bridgehead atoms. The third-order valence-electron chi connectivity index (χ3n) is 7.71. The van der Waals surface area contributed by atoms with Crippen molar-refractivity contribution >= 4 is 23.8 Å². The number of likely N-dealkylation sites (tertiary alicyclic amines) is 1. The first kappa shape index (κ1) is 22.1. The lowest BCUT2D eigenvalue weighted by atomic mass is 9.67. The molecule has 172 valence electrons. The van der Waals surface area contributed by atoms with Crippen LogP contribution in [0, 0.1) is 17.3 Å². The van der Waals surface area contributed by atoms with E-state index in [0.717, 1.165) is 30.6 Å². The number of urea groups is 1. The lowest BCUT2D eigenvalue weighted by molar-refractivity contribution is -0.137. The van der Waals surface area contributed by atoms with Crippen molar-refractivity contribution in [2.45, 2.75) is 83.7 Å². The number of rotatable bonds is 4. The van der Waals surface area contributed by atoms with Crippen molar-refractivity contribution in [3.8, 4) is 0 Å². The average molecular weight is 433 g/mol. The van der Waals surface area contributed by atoms with E-state index in [1.807, 2.05) is 4.90 Å². The molecule has 4 rings (SSSR count). The van der Waals surface area contributed by atoms with Crippen LogP contribution < -0.4 is 10.6 Å². The summed E-state index contributed by atoms with van der Waals surface area (Å²) in [6.45, 7) is 7.72. The van der Waals surface area contributed by atoms with Gasteiger partial charge in [-0.3, -0.25) is 19.3 Å². The Morgan fingerprint density at radius 3 is 2.19 bits per heavy atom. The molecule has 2 saturated carbocycles. The Morgan fingerprint density at radius 2 is 1.65 bits per heavy atom. The Balaban J connectivity index is 1.26. The minimum absolute atomic E-state index is 0.0206. The van der Waals surface area contributed by atoms with Gasteiger partial charge < -0.3 is 15.5 Å². The fourth-order valence-electron chi connectivity index (χ4n) is 5.38. The van der Waals surface area contributed by atoms with Gasteiger partial charge in [0.15, 0.2) is 0 Å². The van der Waals surface area contributed by atoms with E-state index in [1.54, 1.807) is 0 Å². The normalized spacial score (nSPS) is 30.0. The number of hydrogen-bond donors (Lipinski definition) is 2. The summed E-state index contributed by atoms with van der Waals surface area (Å²) in [5.41, 5.74) is -0.653. The van der Waals surface area contributed by atoms with Gasteiger partial charge in [0.1, 0.15) is 12.1 Å². The molecule has 1 spiro atoms. The molecule has 8 nitrogen and oxygen atoms in total. The zero-order valence-corrected chi connectivity index (χ0v) is 19.0. The van der Waals surface area contributed by atoms with Crippen molar-refractivity contribution in [1.29, 1.82) is 0 Å². The minimum Gasteiger partial charge on any atom is -0.352 e. The summed E-state index contributed by atoms with van der Waals surface area (Å²) in [4.78, 5) is 53.3. The summed E-state index contributed by atoms with van der Waals surface area (Å²) in [5, 5.41) is 5.86. The Labute approximate surface area is 184 Å². The molecule has 4 aliphatic rings. The fraction of sp³-hybridized carbons (Fsp3) is 0.826. The highest BCUT2D eigenvalue weighted by Crippen LogP contribution is 2.43. The number of piperidine rings is 1. The van der Waals surface area contributed by atoms with Crippen molar-refractivity contribution in [1.82, 2.24) is 20.4 Å². The third kappa shape index (κ3) is 4.58. The molecule has 2 aliphatic carbocycles. The van der Waals surface area contributed by atoms with Crippen LogP contribution in [0.1, 0.15) is 72.1 Å². The summed E-state index contributed by atoms with van der Waals surface area (Å²) in [6, 6.07) is -0.480. The van der Waals surface area contributed by atoms with Crippen molar-refractivity contribution in [3.05, 3.63) is 0 Å². The lowest BCUT2D eigenvalue weighted by Gasteiger charge is -2.40. The maximum Gasteiger partial charge on any atom is 0.325 e. The highest BCUT2D eigenvalue weighted by molar-refractivity contribution is 6.09. The fourth-order valence-corrected chi connectivity index (χ4v) is 5.38. The van der Waals surface area contributed by atoms with E-state index in [9.17, 15) is 19.2 Å². The summed E-state index contributed by atoms with van der Waals surface area (Å²) in [6.07, 6.45) is 6.47. The van der Waals surface area contributed by atoms with E-state index >= 15 is 0 Å². The molecule has 0 aromatic rings. The van der Waals surface area contributed by atoms with Crippen molar-refractivity contribution in [2.75, 3.05) is 19.6 Å². The molecule has 2 N–H and O–H groups in total. The average Bonchev–Trinajstić information content (AvgIpc) is 3.53. The molecule has 0 aromatic heterocycles. The van der Waals surface area contributed by atoms with Crippen LogP contribution in [0.25, 0.3) is 0 Å². The summed E-state index contributed by atoms with van der Waals surface area (Å²) >= 11 is 0. The van der Waals surface area contributed by atoms with Crippen molar-refractivity contribution < 1.29 is 19.2 Å². The van der Waals surface area contributed by atoms with Crippen LogP contribution in [0.15, 0.2) is 0 Å². The molecule has 0 aromatic carbocycles. The maximum atomic E-state index is 13.1. The Hall–Kier alpha value is -2.12. The summed E-state index contributed by atoms with van der Waals surface area (Å²) in [7, 11) is 0. The van der Waals surface area contributed by atoms with Crippen LogP contribution in [-0.2, 0) is 14.4 Å². The molecule has 31 heavy (non-hydrogen) atoms. The highest BCUT2D eigenvalue weighted by Gasteiger charge is 2.53. The van der Waals surface area contributed by atoms with Gasteiger partial charge in [0.2, 0.25) is 11.8 Å². The molecule has 8 heteroatoms. The second-order valence-corrected chi connectivity index (χ2v) is 11.0. The SMILES string of the molecule is CC(C)(C)C1CCC2(CC1)NC(=O)N(CC(=O)NC1CCN(C(=O)C3CC3)CC1)C2=O. The molecule has 2 saturated heterocycles. The number of nitrogens with one attached hydrogen (secondary N) is 2. The third-order valence-corrected chi connectivity index (χ3v) is 7.71. The number of hydrogen-bond acceptors (Lipinski definition) is 4. The van der Waals surface area contributed by atoms with Crippen LogP contribution in [0.2, 0.25) is 0 Å². The zero-order chi connectivity index (χ0) is 22.4. The van der Waals surface area contributed by atoms with Crippen LogP contribution in [-0.4, -0.2) is 64.8 Å². The first-order chi connectivity index (χ1) is 14.6. The standard InChI is InChI=1S/C23H36N4O4/c1-22(2,3)16-6-10-23(11-7-16)20(30)27(21(31)25-23)14-18(28)24-17-8-12-26(13-9-17)19(29)15-4-5-15/h15-17H,4-14H2,1-3H3,(H,24,28)(H,25,31). The van der Waals surface area contributed by atoms with Crippen molar-refractivity contribution in [2.24, 2.45) is 17.3 Å². The molecule has 0 atom stereocenters. The van der Waals surface area contributed by atoms with E-state index in [4.69, 9.17) is 0 Å². The van der Waals surface area contributed by atoms with Gasteiger partial charge in [-0.15, -0.1) is 0 Å². The van der Waals surface area contributed by atoms with Gasteiger partial charge in [-0.05, 0) is 62.7 Å². The highest BCUT2D eigenvalue weighted by atomic mass is 16.2. The van der Waals surface area contributed by atoms with Gasteiger partial charge in [-0.2, -0.15) is 0 Å². The predicted molar refractivity (Wildman–Crippen MR) is 115 cm³/mol. The Morgan fingerprint density at radius 1 is 1.03 bits per heavy atom. The van der Waals surface area contributed by atoms with Gasteiger partial charge in [0, 0.05) is 25.0 Å². The zero-order valence-electron chi connectivity index (χ0n) is 19.0. The van der Waals surface area contributed by atoms with Crippen LogP contribution >= 0.6 is 0 Å². The number of nitrogens with zero attached hydrogens (tertiary/aromatic N) is 2. The van der Waals surface area contributed by atoms with Gasteiger partial charge in [0.05, 0.1) is 0 Å². The van der Waals surface area contributed by atoms with Crippen LogP contribution in [0.5, 0.6) is 0 Å². The number of amides is 5. The van der Waals surface area contributed by atoms with Crippen LogP contribution in [0.3, 0.4) is 0 Å². The largest absolute Gasteiger partial charge is 0.352 e. The Kier molecular flexibility index (Phi) is 5.77. The van der Waals surface area contributed by atoms with E-state index in [-0.39, 0.29) is 41.6 Å². The number of imide groups is 1. The van der Waals surface area contributed by atoms with E-state index < -0.39 is 11.6 Å². The maximum absolute atomic E-state index is 13.1. The quantitative estimate of drug-likeness (QED) is 0.664. The molecule has 2 aliphatic heterocycles. The second kappa shape index (κ2) is 8.10. The molecule has 4 fully saturated rings. The first-order valence-electron chi connectivity index (χ1n) is 11.8. The van der Waals surface area contributed by atoms with E-state index in [1.165, 1.54) is 0 Å². The predicted octanol–water partition coefficient (Wildman–Crippen LogP) is 2.03. The summed E-state index contributed by atoms with van der Waals surface area (Å²) < 4.78 is 0. The smallest absolute Gasteiger partial charge is 0.325 e. The first-order valence-corrected chi connectivity index (χ1v) is 11.8. The van der Waals surface area contributed by atoms with Crippen LogP contribution in [0.4, 0.5) is 4.79 Å². The van der Waals surface area contributed by atoms with Gasteiger partial charge in [-0.1, -0.05) is 20.8 Å². The lowest BCUT2D eigenvalue weighted by Crippen LogP contribution is -2.52. The van der Waals surface area contributed by atoms with E-state index in [0.29, 0.717) is 44.7 Å². The topological polar surface area (TPSA) is 98.8 Å². The van der Waals surface area contributed by atoms with Gasteiger partial charge in [0.25, 0.3) is 5.91 Å². The van der Waals surface area contributed by atoms with Gasteiger partial charge in [-0.25, -0.2) is 4.79 Å². The van der Waals surface area contributed by atoms with Gasteiger partial charge >= 0.3 is 6.03 Å². The summed E-state index contributed by atoms with van der Waals surface area (Å²) in [5.74, 6) is 0.422. The molecule has 2 heterocycles.